The van der Waals surface area contributed by atoms with Crippen LogP contribution in [0.3, 0.4) is 0 Å². The first-order valence-corrected chi connectivity index (χ1v) is 7.09. The molecule has 18 heavy (non-hydrogen) atoms. The van der Waals surface area contributed by atoms with Crippen LogP contribution in [0.25, 0.3) is 0 Å². The van der Waals surface area contributed by atoms with Gasteiger partial charge in [0.05, 0.1) is 0 Å². The molecule has 2 nitrogen and oxygen atoms in total. The Kier molecular flexibility index (Phi) is 4.41. The Hall–Kier alpha value is -0.860. The standard InChI is InChI=1S/C16H26N2/c1-12(2)15-10-18(11-16(15)17-4)13(3)14-8-6-5-7-9-14/h5-9,12-13,15-17H,10-11H2,1-4H3/t13-,15+,16+/m0/s1. The Balaban J connectivity index is 2.07. The summed E-state index contributed by atoms with van der Waals surface area (Å²) in [7, 11) is 2.09. The Morgan fingerprint density at radius 2 is 1.78 bits per heavy atom. The predicted molar refractivity (Wildman–Crippen MR) is 77.6 cm³/mol. The van der Waals surface area contributed by atoms with Crippen LogP contribution in [0.5, 0.6) is 0 Å². The van der Waals surface area contributed by atoms with Gasteiger partial charge in [-0.15, -0.1) is 0 Å². The summed E-state index contributed by atoms with van der Waals surface area (Å²) in [6.07, 6.45) is 0. The zero-order valence-electron chi connectivity index (χ0n) is 12.1. The monoisotopic (exact) mass is 246 g/mol. The van der Waals surface area contributed by atoms with Gasteiger partial charge in [-0.25, -0.2) is 0 Å². The molecule has 0 amide bonds. The van der Waals surface area contributed by atoms with E-state index in [2.05, 4.69) is 68.4 Å². The Bertz CT molecular complexity index is 361. The number of hydrogen-bond acceptors (Lipinski definition) is 2. The van der Waals surface area contributed by atoms with Gasteiger partial charge in [0.2, 0.25) is 0 Å². The highest BCUT2D eigenvalue weighted by Gasteiger charge is 2.35. The summed E-state index contributed by atoms with van der Waals surface area (Å²) in [4.78, 5) is 2.61. The molecule has 1 aliphatic rings. The highest BCUT2D eigenvalue weighted by atomic mass is 15.2. The van der Waals surface area contributed by atoms with Crippen molar-refractivity contribution in [3.05, 3.63) is 35.9 Å². The molecule has 2 heteroatoms. The van der Waals surface area contributed by atoms with Gasteiger partial charge in [-0.05, 0) is 31.4 Å². The molecule has 1 aromatic rings. The van der Waals surface area contributed by atoms with Gasteiger partial charge >= 0.3 is 0 Å². The maximum Gasteiger partial charge on any atom is 0.0320 e. The predicted octanol–water partition coefficient (Wildman–Crippen LogP) is 2.92. The Morgan fingerprint density at radius 1 is 1.11 bits per heavy atom. The number of nitrogens with zero attached hydrogens (tertiary/aromatic N) is 1. The van der Waals surface area contributed by atoms with Gasteiger partial charge in [-0.1, -0.05) is 44.2 Å². The molecule has 1 heterocycles. The lowest BCUT2D eigenvalue weighted by Gasteiger charge is -2.25. The van der Waals surface area contributed by atoms with Crippen molar-refractivity contribution >= 4 is 0 Å². The van der Waals surface area contributed by atoms with Gasteiger partial charge in [0.25, 0.3) is 0 Å². The quantitative estimate of drug-likeness (QED) is 0.879. The third-order valence-electron chi connectivity index (χ3n) is 4.45. The molecule has 0 aliphatic carbocycles. The summed E-state index contributed by atoms with van der Waals surface area (Å²) in [5, 5.41) is 3.49. The number of likely N-dealkylation sites (N-methyl/N-ethyl adjacent to an activating group) is 1. The van der Waals surface area contributed by atoms with Crippen molar-refractivity contribution < 1.29 is 0 Å². The lowest BCUT2D eigenvalue weighted by atomic mass is 9.91. The summed E-state index contributed by atoms with van der Waals surface area (Å²) < 4.78 is 0. The first-order valence-electron chi connectivity index (χ1n) is 7.09. The Morgan fingerprint density at radius 3 is 2.28 bits per heavy atom. The number of hydrogen-bond donors (Lipinski definition) is 1. The molecular formula is C16H26N2. The molecule has 0 saturated carbocycles. The molecule has 1 aliphatic heterocycles. The van der Waals surface area contributed by atoms with Crippen molar-refractivity contribution in [2.45, 2.75) is 32.9 Å². The third-order valence-corrected chi connectivity index (χ3v) is 4.45. The molecule has 1 N–H and O–H groups in total. The largest absolute Gasteiger partial charge is 0.315 e. The van der Waals surface area contributed by atoms with E-state index in [-0.39, 0.29) is 0 Å². The highest BCUT2D eigenvalue weighted by Crippen LogP contribution is 2.30. The molecule has 3 atom stereocenters. The molecule has 0 unspecified atom stereocenters. The third kappa shape index (κ3) is 2.76. The number of benzene rings is 1. The van der Waals surface area contributed by atoms with Gasteiger partial charge in [0.15, 0.2) is 0 Å². The molecule has 0 spiro atoms. The molecular weight excluding hydrogens is 220 g/mol. The minimum atomic E-state index is 0.519. The van der Waals surface area contributed by atoms with Crippen LogP contribution < -0.4 is 5.32 Å². The normalized spacial score (nSPS) is 26.7. The van der Waals surface area contributed by atoms with E-state index in [0.29, 0.717) is 12.1 Å². The van der Waals surface area contributed by atoms with Crippen LogP contribution >= 0.6 is 0 Å². The Labute approximate surface area is 111 Å². The average Bonchev–Trinajstić information content (AvgIpc) is 2.83. The van der Waals surface area contributed by atoms with Crippen molar-refractivity contribution in [1.29, 1.82) is 0 Å². The highest BCUT2D eigenvalue weighted by molar-refractivity contribution is 5.19. The summed E-state index contributed by atoms with van der Waals surface area (Å²) in [5.41, 5.74) is 1.43. The maximum atomic E-state index is 3.49. The van der Waals surface area contributed by atoms with Crippen LogP contribution in [0.2, 0.25) is 0 Å². The van der Waals surface area contributed by atoms with Crippen molar-refractivity contribution in [3.8, 4) is 0 Å². The molecule has 1 saturated heterocycles. The molecule has 0 bridgehead atoms. The van der Waals surface area contributed by atoms with Gasteiger partial charge in [-0.3, -0.25) is 4.90 Å². The molecule has 1 fully saturated rings. The van der Waals surface area contributed by atoms with E-state index in [4.69, 9.17) is 0 Å². The summed E-state index contributed by atoms with van der Waals surface area (Å²) in [6.45, 7) is 9.37. The van der Waals surface area contributed by atoms with Gasteiger partial charge in [0.1, 0.15) is 0 Å². The van der Waals surface area contributed by atoms with E-state index in [1.165, 1.54) is 12.1 Å². The first kappa shape index (κ1) is 13.6. The van der Waals surface area contributed by atoms with E-state index in [0.717, 1.165) is 18.4 Å². The van der Waals surface area contributed by atoms with Crippen molar-refractivity contribution in [1.82, 2.24) is 10.2 Å². The van der Waals surface area contributed by atoms with Crippen molar-refractivity contribution in [2.75, 3.05) is 20.1 Å². The van der Waals surface area contributed by atoms with E-state index < -0.39 is 0 Å². The lowest BCUT2D eigenvalue weighted by Crippen LogP contribution is -2.35. The minimum absolute atomic E-state index is 0.519. The second-order valence-electron chi connectivity index (χ2n) is 5.84. The fourth-order valence-corrected chi connectivity index (χ4v) is 3.10. The fraction of sp³-hybridized carbons (Fsp3) is 0.625. The van der Waals surface area contributed by atoms with Crippen LogP contribution in [0, 0.1) is 11.8 Å². The lowest BCUT2D eigenvalue weighted by molar-refractivity contribution is 0.242. The first-order chi connectivity index (χ1) is 8.63. The SMILES string of the molecule is CN[C@@H]1CN([C@@H](C)c2ccccc2)C[C@@H]1C(C)C. The van der Waals surface area contributed by atoms with E-state index in [1.807, 2.05) is 0 Å². The molecule has 0 aromatic heterocycles. The van der Waals surface area contributed by atoms with Gasteiger partial charge < -0.3 is 5.32 Å². The molecule has 2 rings (SSSR count). The van der Waals surface area contributed by atoms with Crippen LogP contribution in [0.1, 0.15) is 32.4 Å². The average molecular weight is 246 g/mol. The van der Waals surface area contributed by atoms with Crippen LogP contribution in [0.4, 0.5) is 0 Å². The second kappa shape index (κ2) is 5.85. The smallest absolute Gasteiger partial charge is 0.0320 e. The second-order valence-corrected chi connectivity index (χ2v) is 5.84. The number of nitrogens with one attached hydrogen (secondary N) is 1. The molecule has 100 valence electrons. The zero-order chi connectivity index (χ0) is 13.1. The van der Waals surface area contributed by atoms with Crippen molar-refractivity contribution in [2.24, 2.45) is 11.8 Å². The van der Waals surface area contributed by atoms with Crippen LogP contribution in [-0.4, -0.2) is 31.1 Å². The zero-order valence-corrected chi connectivity index (χ0v) is 12.1. The van der Waals surface area contributed by atoms with Gasteiger partial charge in [0, 0.05) is 25.2 Å². The van der Waals surface area contributed by atoms with E-state index in [9.17, 15) is 0 Å². The van der Waals surface area contributed by atoms with Crippen molar-refractivity contribution in [3.63, 3.8) is 0 Å². The van der Waals surface area contributed by atoms with E-state index in [1.54, 1.807) is 0 Å². The minimum Gasteiger partial charge on any atom is -0.315 e. The van der Waals surface area contributed by atoms with E-state index >= 15 is 0 Å². The molecule has 0 radical (unpaired) electrons. The van der Waals surface area contributed by atoms with Crippen LogP contribution in [0.15, 0.2) is 30.3 Å². The molecule has 1 aromatic carbocycles. The fourth-order valence-electron chi connectivity index (χ4n) is 3.10. The van der Waals surface area contributed by atoms with Crippen LogP contribution in [-0.2, 0) is 0 Å². The van der Waals surface area contributed by atoms with Gasteiger partial charge in [-0.2, -0.15) is 0 Å². The number of rotatable bonds is 4. The summed E-state index contributed by atoms with van der Waals surface area (Å²) >= 11 is 0. The summed E-state index contributed by atoms with van der Waals surface area (Å²) in [6, 6.07) is 12.0. The summed E-state index contributed by atoms with van der Waals surface area (Å²) in [5.74, 6) is 1.51. The topological polar surface area (TPSA) is 15.3 Å². The number of likely N-dealkylation sites (tertiary alicyclic amines) is 1. The maximum absolute atomic E-state index is 3.49.